The molecule has 0 saturated carbocycles. The summed E-state index contributed by atoms with van der Waals surface area (Å²) in [7, 11) is 0. The highest BCUT2D eigenvalue weighted by Gasteiger charge is 2.22. The van der Waals surface area contributed by atoms with E-state index in [-0.39, 0.29) is 5.91 Å². The first-order chi connectivity index (χ1) is 10.7. The maximum absolute atomic E-state index is 12.8. The van der Waals surface area contributed by atoms with Crippen molar-refractivity contribution in [2.75, 3.05) is 13.1 Å². The zero-order valence-electron chi connectivity index (χ0n) is 13.7. The minimum absolute atomic E-state index is 0.0637. The number of imidazole rings is 1. The number of carbonyl (C=O) groups excluding carboxylic acids is 1. The van der Waals surface area contributed by atoms with Crippen molar-refractivity contribution in [3.05, 3.63) is 23.1 Å². The van der Waals surface area contributed by atoms with Gasteiger partial charge in [0.2, 0.25) is 0 Å². The van der Waals surface area contributed by atoms with Crippen molar-refractivity contribution >= 4 is 17.1 Å². The Balaban J connectivity index is 2.17. The summed E-state index contributed by atoms with van der Waals surface area (Å²) in [5.74, 6) is 1.15. The number of fused-ring (bicyclic) bond motifs is 3. The van der Waals surface area contributed by atoms with Crippen molar-refractivity contribution < 1.29 is 4.79 Å². The summed E-state index contributed by atoms with van der Waals surface area (Å²) in [6.45, 7) is 8.36. The van der Waals surface area contributed by atoms with Gasteiger partial charge in [-0.2, -0.15) is 0 Å². The molecule has 0 N–H and O–H groups in total. The molecule has 0 atom stereocenters. The fourth-order valence-electron chi connectivity index (χ4n) is 3.26. The lowest BCUT2D eigenvalue weighted by atomic mass is 10.1. The first-order valence-corrected chi connectivity index (χ1v) is 8.31. The molecule has 118 valence electrons. The summed E-state index contributed by atoms with van der Waals surface area (Å²) in [5.41, 5.74) is 3.24. The molecule has 1 aliphatic heterocycles. The van der Waals surface area contributed by atoms with Crippen molar-refractivity contribution in [1.29, 1.82) is 0 Å². The highest BCUT2D eigenvalue weighted by atomic mass is 16.2. The molecule has 22 heavy (non-hydrogen) atoms. The topological polar surface area (TPSA) is 51.0 Å². The van der Waals surface area contributed by atoms with Crippen LogP contribution in [-0.2, 0) is 13.0 Å². The van der Waals surface area contributed by atoms with Gasteiger partial charge in [0.15, 0.2) is 5.65 Å². The molecule has 0 aromatic carbocycles. The van der Waals surface area contributed by atoms with Crippen molar-refractivity contribution in [3.8, 4) is 0 Å². The molecule has 0 unspecified atom stereocenters. The Bertz CT molecular complexity index is 700. The van der Waals surface area contributed by atoms with Gasteiger partial charge in [0.05, 0.1) is 5.56 Å². The predicted molar refractivity (Wildman–Crippen MR) is 87.1 cm³/mol. The molecule has 2 aromatic heterocycles. The largest absolute Gasteiger partial charge is 0.339 e. The molecule has 2 aromatic rings. The Hall–Kier alpha value is -1.91. The number of hydrogen-bond donors (Lipinski definition) is 0. The van der Waals surface area contributed by atoms with Crippen molar-refractivity contribution in [2.24, 2.45) is 0 Å². The van der Waals surface area contributed by atoms with Crippen LogP contribution >= 0.6 is 0 Å². The van der Waals surface area contributed by atoms with Gasteiger partial charge in [-0.25, -0.2) is 9.97 Å². The molecule has 5 nitrogen and oxygen atoms in total. The zero-order chi connectivity index (χ0) is 15.7. The quantitative estimate of drug-likeness (QED) is 0.875. The van der Waals surface area contributed by atoms with E-state index in [4.69, 9.17) is 4.98 Å². The van der Waals surface area contributed by atoms with Crippen molar-refractivity contribution in [2.45, 2.75) is 53.0 Å². The second kappa shape index (κ2) is 6.07. The van der Waals surface area contributed by atoms with E-state index in [1.165, 1.54) is 12.8 Å². The molecule has 0 saturated heterocycles. The Kier molecular flexibility index (Phi) is 4.14. The Morgan fingerprint density at radius 2 is 2.00 bits per heavy atom. The monoisotopic (exact) mass is 300 g/mol. The average molecular weight is 300 g/mol. The van der Waals surface area contributed by atoms with Gasteiger partial charge in [0.1, 0.15) is 11.3 Å². The molecule has 0 spiro atoms. The smallest absolute Gasteiger partial charge is 0.256 e. The standard InChI is InChI=1S/C17H24N4O/c1-4-20(5-2)17(22)13-11-12(3)18-16-15(13)19-14-9-7-6-8-10-21(14)16/h11H,4-10H2,1-3H3. The number of amides is 1. The Morgan fingerprint density at radius 3 is 2.73 bits per heavy atom. The third-order valence-corrected chi connectivity index (χ3v) is 4.47. The average Bonchev–Trinajstić information content (AvgIpc) is 2.70. The first-order valence-electron chi connectivity index (χ1n) is 8.31. The highest BCUT2D eigenvalue weighted by Crippen LogP contribution is 2.24. The summed E-state index contributed by atoms with van der Waals surface area (Å²) in [6.07, 6.45) is 4.55. The van der Waals surface area contributed by atoms with Gasteiger partial charge in [0, 0.05) is 31.7 Å². The van der Waals surface area contributed by atoms with Crippen LogP contribution in [0.25, 0.3) is 11.2 Å². The van der Waals surface area contributed by atoms with E-state index < -0.39 is 0 Å². The minimum Gasteiger partial charge on any atom is -0.339 e. The molecule has 3 heterocycles. The molecule has 0 fully saturated rings. The van der Waals surface area contributed by atoms with E-state index in [1.807, 2.05) is 31.7 Å². The van der Waals surface area contributed by atoms with E-state index in [0.29, 0.717) is 18.7 Å². The lowest BCUT2D eigenvalue weighted by Crippen LogP contribution is -2.30. The second-order valence-electron chi connectivity index (χ2n) is 5.95. The zero-order valence-corrected chi connectivity index (χ0v) is 13.7. The molecule has 5 heteroatoms. The summed E-state index contributed by atoms with van der Waals surface area (Å²) in [4.78, 5) is 24.1. The second-order valence-corrected chi connectivity index (χ2v) is 5.95. The number of rotatable bonds is 3. The van der Waals surface area contributed by atoms with Crippen LogP contribution in [0.3, 0.4) is 0 Å². The van der Waals surface area contributed by atoms with Crippen molar-refractivity contribution in [1.82, 2.24) is 19.4 Å². The maximum Gasteiger partial charge on any atom is 0.256 e. The number of carbonyl (C=O) groups is 1. The van der Waals surface area contributed by atoms with Gasteiger partial charge >= 0.3 is 0 Å². The number of hydrogen-bond acceptors (Lipinski definition) is 3. The molecular formula is C17H24N4O. The van der Waals surface area contributed by atoms with Crippen LogP contribution < -0.4 is 0 Å². The van der Waals surface area contributed by atoms with Gasteiger partial charge in [-0.3, -0.25) is 4.79 Å². The number of aryl methyl sites for hydroxylation is 3. The van der Waals surface area contributed by atoms with Gasteiger partial charge in [0.25, 0.3) is 5.91 Å². The normalized spacial score (nSPS) is 14.7. The number of aromatic nitrogens is 3. The summed E-state index contributed by atoms with van der Waals surface area (Å²) in [5, 5.41) is 0. The summed E-state index contributed by atoms with van der Waals surface area (Å²) >= 11 is 0. The highest BCUT2D eigenvalue weighted by molar-refractivity contribution is 6.04. The molecule has 1 amide bonds. The number of pyridine rings is 1. The third kappa shape index (κ3) is 2.49. The molecule has 0 aliphatic carbocycles. The van der Waals surface area contributed by atoms with Crippen LogP contribution in [0.5, 0.6) is 0 Å². The van der Waals surface area contributed by atoms with Crippen LogP contribution in [0.2, 0.25) is 0 Å². The Morgan fingerprint density at radius 1 is 1.23 bits per heavy atom. The van der Waals surface area contributed by atoms with E-state index in [9.17, 15) is 4.79 Å². The molecule has 3 rings (SSSR count). The number of nitrogens with zero attached hydrogens (tertiary/aromatic N) is 4. The van der Waals surface area contributed by atoms with E-state index in [0.717, 1.165) is 42.1 Å². The summed E-state index contributed by atoms with van der Waals surface area (Å²) in [6, 6.07) is 1.88. The van der Waals surface area contributed by atoms with E-state index in [1.54, 1.807) is 0 Å². The van der Waals surface area contributed by atoms with Crippen LogP contribution in [0.4, 0.5) is 0 Å². The molecular weight excluding hydrogens is 276 g/mol. The lowest BCUT2D eigenvalue weighted by Gasteiger charge is -2.19. The summed E-state index contributed by atoms with van der Waals surface area (Å²) < 4.78 is 2.22. The minimum atomic E-state index is 0.0637. The van der Waals surface area contributed by atoms with Crippen LogP contribution in [0.15, 0.2) is 6.07 Å². The SMILES string of the molecule is CCN(CC)C(=O)c1cc(C)nc2c1nc1n2CCCCC1. The maximum atomic E-state index is 12.8. The van der Waals surface area contributed by atoms with Gasteiger partial charge < -0.3 is 9.47 Å². The van der Waals surface area contributed by atoms with Crippen molar-refractivity contribution in [3.63, 3.8) is 0 Å². The van der Waals surface area contributed by atoms with Crippen LogP contribution in [0.1, 0.15) is 55.0 Å². The molecule has 0 radical (unpaired) electrons. The van der Waals surface area contributed by atoms with E-state index >= 15 is 0 Å². The van der Waals surface area contributed by atoms with Crippen LogP contribution in [-0.4, -0.2) is 38.4 Å². The van der Waals surface area contributed by atoms with Gasteiger partial charge in [-0.15, -0.1) is 0 Å². The predicted octanol–water partition coefficient (Wildman–Crippen LogP) is 2.95. The van der Waals surface area contributed by atoms with E-state index in [2.05, 4.69) is 9.55 Å². The fourth-order valence-corrected chi connectivity index (χ4v) is 3.26. The Labute approximate surface area is 131 Å². The van der Waals surface area contributed by atoms with Gasteiger partial charge in [-0.1, -0.05) is 6.42 Å². The first kappa shape index (κ1) is 15.0. The van der Waals surface area contributed by atoms with Gasteiger partial charge in [-0.05, 0) is 39.7 Å². The third-order valence-electron chi connectivity index (χ3n) is 4.47. The lowest BCUT2D eigenvalue weighted by molar-refractivity contribution is 0.0774. The molecule has 0 bridgehead atoms. The molecule has 1 aliphatic rings. The van der Waals surface area contributed by atoms with Crippen LogP contribution in [0, 0.1) is 6.92 Å². The fraction of sp³-hybridized carbons (Fsp3) is 0.588.